The van der Waals surface area contributed by atoms with Crippen molar-refractivity contribution in [1.29, 1.82) is 0 Å². The second-order valence-electron chi connectivity index (χ2n) is 4.75. The molecule has 0 spiro atoms. The van der Waals surface area contributed by atoms with Gasteiger partial charge in [-0.1, -0.05) is 51.5 Å². The van der Waals surface area contributed by atoms with Gasteiger partial charge in [-0.25, -0.2) is 0 Å². The normalized spacial score (nSPS) is 14.8. The fourth-order valence-corrected chi connectivity index (χ4v) is 1.87. The second kappa shape index (κ2) is 6.70. The number of hydrogen-bond acceptors (Lipinski definition) is 1. The maximum Gasteiger partial charge on any atom is 0.0578 e. The average Bonchev–Trinajstić information content (AvgIpc) is 2.31. The van der Waals surface area contributed by atoms with Gasteiger partial charge in [0.25, 0.3) is 0 Å². The molecule has 1 rings (SSSR count). The molecular formula is C15H24O. The van der Waals surface area contributed by atoms with Crippen LogP contribution in [0.25, 0.3) is 0 Å². The van der Waals surface area contributed by atoms with Gasteiger partial charge in [0.2, 0.25) is 0 Å². The molecule has 0 bridgehead atoms. The largest absolute Gasteiger partial charge is 0.393 e. The number of aliphatic hydroxyl groups is 1. The first-order chi connectivity index (χ1) is 7.67. The van der Waals surface area contributed by atoms with E-state index in [1.165, 1.54) is 17.5 Å². The Morgan fingerprint density at radius 3 is 2.06 bits per heavy atom. The Bertz CT molecular complexity index is 275. The average molecular weight is 220 g/mol. The number of aliphatic hydroxyl groups excluding tert-OH is 1. The van der Waals surface area contributed by atoms with Crippen LogP contribution in [-0.4, -0.2) is 11.2 Å². The fraction of sp³-hybridized carbons (Fsp3) is 0.600. The lowest BCUT2D eigenvalue weighted by atomic mass is 9.92. The first-order valence-electron chi connectivity index (χ1n) is 6.42. The molecule has 1 aromatic carbocycles. The highest BCUT2D eigenvalue weighted by molar-refractivity contribution is 5.28. The van der Waals surface area contributed by atoms with Crippen LogP contribution in [0.4, 0.5) is 0 Å². The summed E-state index contributed by atoms with van der Waals surface area (Å²) in [7, 11) is 0. The Labute approximate surface area is 99.5 Å². The maximum atomic E-state index is 9.73. The Hall–Kier alpha value is -0.820. The minimum atomic E-state index is -0.196. The minimum absolute atomic E-state index is 0.196. The van der Waals surface area contributed by atoms with Gasteiger partial charge in [-0.3, -0.25) is 0 Å². The van der Waals surface area contributed by atoms with Crippen LogP contribution in [-0.2, 0) is 12.8 Å². The van der Waals surface area contributed by atoms with Crippen molar-refractivity contribution in [3.8, 4) is 0 Å². The summed E-state index contributed by atoms with van der Waals surface area (Å²) < 4.78 is 0. The quantitative estimate of drug-likeness (QED) is 0.776. The topological polar surface area (TPSA) is 20.2 Å². The van der Waals surface area contributed by atoms with Crippen LogP contribution in [0.2, 0.25) is 0 Å². The van der Waals surface area contributed by atoms with E-state index in [0.717, 1.165) is 25.2 Å². The third-order valence-corrected chi connectivity index (χ3v) is 3.31. The lowest BCUT2D eigenvalue weighted by Gasteiger charge is -2.15. The summed E-state index contributed by atoms with van der Waals surface area (Å²) in [4.78, 5) is 0. The standard InChI is InChI=1S/C15H24O/c1-4-12(3)10-13-8-6-7-9-14(13)11-15(16)5-2/h6-9,12,15-16H,4-5,10-11H2,1-3H3. The van der Waals surface area contributed by atoms with Gasteiger partial charge < -0.3 is 5.11 Å². The lowest BCUT2D eigenvalue weighted by molar-refractivity contribution is 0.170. The van der Waals surface area contributed by atoms with Crippen LogP contribution < -0.4 is 0 Å². The lowest BCUT2D eigenvalue weighted by Crippen LogP contribution is -2.11. The molecular weight excluding hydrogens is 196 g/mol. The van der Waals surface area contributed by atoms with Gasteiger partial charge in [-0.2, -0.15) is 0 Å². The molecule has 1 heteroatoms. The molecule has 1 N–H and O–H groups in total. The second-order valence-corrected chi connectivity index (χ2v) is 4.75. The fourth-order valence-electron chi connectivity index (χ4n) is 1.87. The molecule has 0 aromatic heterocycles. The Morgan fingerprint density at radius 2 is 1.56 bits per heavy atom. The third kappa shape index (κ3) is 3.97. The summed E-state index contributed by atoms with van der Waals surface area (Å²) in [6, 6.07) is 8.51. The molecule has 0 radical (unpaired) electrons. The molecule has 2 atom stereocenters. The predicted molar refractivity (Wildman–Crippen MR) is 69.6 cm³/mol. The van der Waals surface area contributed by atoms with Crippen LogP contribution in [0.15, 0.2) is 24.3 Å². The highest BCUT2D eigenvalue weighted by atomic mass is 16.3. The zero-order valence-corrected chi connectivity index (χ0v) is 10.7. The SMILES string of the molecule is CCC(C)Cc1ccccc1CC(O)CC. The Kier molecular flexibility index (Phi) is 5.54. The zero-order valence-electron chi connectivity index (χ0n) is 10.7. The molecule has 0 aliphatic heterocycles. The summed E-state index contributed by atoms with van der Waals surface area (Å²) in [6.45, 7) is 6.54. The zero-order chi connectivity index (χ0) is 12.0. The van der Waals surface area contributed by atoms with Crippen LogP contribution in [0.3, 0.4) is 0 Å². The molecule has 2 unspecified atom stereocenters. The monoisotopic (exact) mass is 220 g/mol. The van der Waals surface area contributed by atoms with E-state index < -0.39 is 0 Å². The van der Waals surface area contributed by atoms with Crippen molar-refractivity contribution >= 4 is 0 Å². The summed E-state index contributed by atoms with van der Waals surface area (Å²) >= 11 is 0. The molecule has 0 amide bonds. The summed E-state index contributed by atoms with van der Waals surface area (Å²) in [6.07, 6.45) is 3.77. The van der Waals surface area contributed by atoms with Crippen molar-refractivity contribution in [3.63, 3.8) is 0 Å². The van der Waals surface area contributed by atoms with Crippen molar-refractivity contribution in [2.45, 2.75) is 52.6 Å². The van der Waals surface area contributed by atoms with E-state index in [1.54, 1.807) is 0 Å². The van der Waals surface area contributed by atoms with Crippen molar-refractivity contribution in [1.82, 2.24) is 0 Å². The Balaban J connectivity index is 2.75. The molecule has 16 heavy (non-hydrogen) atoms. The highest BCUT2D eigenvalue weighted by Crippen LogP contribution is 2.18. The van der Waals surface area contributed by atoms with E-state index in [2.05, 4.69) is 38.1 Å². The van der Waals surface area contributed by atoms with Crippen molar-refractivity contribution < 1.29 is 5.11 Å². The smallest absolute Gasteiger partial charge is 0.0578 e. The Morgan fingerprint density at radius 1 is 1.00 bits per heavy atom. The molecule has 0 heterocycles. The van der Waals surface area contributed by atoms with Gasteiger partial charge >= 0.3 is 0 Å². The molecule has 1 aromatic rings. The first kappa shape index (κ1) is 13.2. The van der Waals surface area contributed by atoms with Crippen LogP contribution in [0.5, 0.6) is 0 Å². The van der Waals surface area contributed by atoms with Gasteiger partial charge in [0.05, 0.1) is 6.10 Å². The molecule has 0 aliphatic carbocycles. The summed E-state index contributed by atoms with van der Waals surface area (Å²) in [5.74, 6) is 0.722. The van der Waals surface area contributed by atoms with E-state index in [4.69, 9.17) is 0 Å². The van der Waals surface area contributed by atoms with Gasteiger partial charge in [-0.05, 0) is 36.3 Å². The first-order valence-corrected chi connectivity index (χ1v) is 6.42. The maximum absolute atomic E-state index is 9.73. The molecule has 1 nitrogen and oxygen atoms in total. The van der Waals surface area contributed by atoms with Gasteiger partial charge in [0.15, 0.2) is 0 Å². The van der Waals surface area contributed by atoms with E-state index in [0.29, 0.717) is 0 Å². The third-order valence-electron chi connectivity index (χ3n) is 3.31. The number of benzene rings is 1. The van der Waals surface area contributed by atoms with Gasteiger partial charge in [0.1, 0.15) is 0 Å². The van der Waals surface area contributed by atoms with Crippen molar-refractivity contribution in [2.24, 2.45) is 5.92 Å². The van der Waals surface area contributed by atoms with E-state index in [9.17, 15) is 5.11 Å². The molecule has 90 valence electrons. The van der Waals surface area contributed by atoms with E-state index in [-0.39, 0.29) is 6.10 Å². The van der Waals surface area contributed by atoms with Gasteiger partial charge in [-0.15, -0.1) is 0 Å². The van der Waals surface area contributed by atoms with Crippen LogP contribution in [0.1, 0.15) is 44.7 Å². The van der Waals surface area contributed by atoms with Crippen molar-refractivity contribution in [2.75, 3.05) is 0 Å². The van der Waals surface area contributed by atoms with Crippen LogP contribution in [0, 0.1) is 5.92 Å². The summed E-state index contributed by atoms with van der Waals surface area (Å²) in [5.41, 5.74) is 2.72. The summed E-state index contributed by atoms with van der Waals surface area (Å²) in [5, 5.41) is 9.73. The highest BCUT2D eigenvalue weighted by Gasteiger charge is 2.09. The molecule has 0 fully saturated rings. The predicted octanol–water partition coefficient (Wildman–Crippen LogP) is 3.59. The molecule has 0 saturated heterocycles. The minimum Gasteiger partial charge on any atom is -0.393 e. The van der Waals surface area contributed by atoms with E-state index in [1.807, 2.05) is 6.92 Å². The number of rotatable bonds is 6. The molecule has 0 saturated carbocycles. The van der Waals surface area contributed by atoms with E-state index >= 15 is 0 Å². The molecule has 0 aliphatic rings. The van der Waals surface area contributed by atoms with Gasteiger partial charge in [0, 0.05) is 0 Å². The van der Waals surface area contributed by atoms with Crippen molar-refractivity contribution in [3.05, 3.63) is 35.4 Å². The van der Waals surface area contributed by atoms with Crippen LogP contribution >= 0.6 is 0 Å². The number of hydrogen-bond donors (Lipinski definition) is 1.